The SMILES string of the molecule is C[C@@H]1CN(S(=O)(=O)c2cccc(-c3cn4cccnc4n3)c2)C[C@@H](C)O1. The van der Waals surface area contributed by atoms with Gasteiger partial charge < -0.3 is 4.74 Å². The number of imidazole rings is 1. The lowest BCUT2D eigenvalue weighted by atomic mass is 10.2. The van der Waals surface area contributed by atoms with Crippen LogP contribution in [0, 0.1) is 0 Å². The van der Waals surface area contributed by atoms with Gasteiger partial charge in [0.15, 0.2) is 0 Å². The number of ether oxygens (including phenoxy) is 1. The van der Waals surface area contributed by atoms with Gasteiger partial charge in [0.25, 0.3) is 0 Å². The van der Waals surface area contributed by atoms with Crippen molar-refractivity contribution < 1.29 is 13.2 Å². The number of nitrogens with zero attached hydrogens (tertiary/aromatic N) is 4. The Bertz CT molecular complexity index is 1000. The quantitative estimate of drug-likeness (QED) is 0.704. The van der Waals surface area contributed by atoms with Gasteiger partial charge in [-0.05, 0) is 32.0 Å². The molecule has 0 bridgehead atoms. The lowest BCUT2D eigenvalue weighted by Gasteiger charge is -2.34. The van der Waals surface area contributed by atoms with E-state index in [1.54, 1.807) is 24.4 Å². The monoisotopic (exact) mass is 372 g/mol. The zero-order valence-electron chi connectivity index (χ0n) is 14.6. The minimum absolute atomic E-state index is 0.124. The van der Waals surface area contributed by atoms with Crippen LogP contribution in [0.15, 0.2) is 53.8 Å². The van der Waals surface area contributed by atoms with E-state index in [0.29, 0.717) is 24.6 Å². The average Bonchev–Trinajstić information content (AvgIpc) is 3.05. The Morgan fingerprint density at radius 2 is 1.92 bits per heavy atom. The van der Waals surface area contributed by atoms with Crippen LogP contribution in [0.25, 0.3) is 17.0 Å². The predicted octanol–water partition coefficient (Wildman–Crippen LogP) is 2.19. The Hall–Kier alpha value is -2.29. The third kappa shape index (κ3) is 3.11. The zero-order valence-corrected chi connectivity index (χ0v) is 15.4. The van der Waals surface area contributed by atoms with Crippen LogP contribution in [-0.4, -0.2) is 52.4 Å². The van der Waals surface area contributed by atoms with Crippen LogP contribution in [0.1, 0.15) is 13.8 Å². The molecule has 4 rings (SSSR count). The van der Waals surface area contributed by atoms with E-state index in [1.807, 2.05) is 42.8 Å². The van der Waals surface area contributed by atoms with E-state index < -0.39 is 10.0 Å². The van der Waals surface area contributed by atoms with Crippen LogP contribution >= 0.6 is 0 Å². The highest BCUT2D eigenvalue weighted by Crippen LogP contribution is 2.25. The van der Waals surface area contributed by atoms with Crippen molar-refractivity contribution in [3.8, 4) is 11.3 Å². The summed E-state index contributed by atoms with van der Waals surface area (Å²) in [6.45, 7) is 4.49. The first kappa shape index (κ1) is 17.1. The van der Waals surface area contributed by atoms with E-state index in [0.717, 1.165) is 5.56 Å². The molecule has 7 nitrogen and oxygen atoms in total. The molecule has 0 aliphatic carbocycles. The van der Waals surface area contributed by atoms with Crippen LogP contribution in [0.2, 0.25) is 0 Å². The summed E-state index contributed by atoms with van der Waals surface area (Å²) in [6.07, 6.45) is 5.12. The number of rotatable bonds is 3. The normalized spacial score (nSPS) is 21.9. The van der Waals surface area contributed by atoms with E-state index in [2.05, 4.69) is 9.97 Å². The summed E-state index contributed by atoms with van der Waals surface area (Å²) in [5, 5.41) is 0. The first-order chi connectivity index (χ1) is 12.4. The van der Waals surface area contributed by atoms with E-state index in [-0.39, 0.29) is 17.1 Å². The van der Waals surface area contributed by atoms with Crippen molar-refractivity contribution in [2.75, 3.05) is 13.1 Å². The highest BCUT2D eigenvalue weighted by Gasteiger charge is 2.32. The fourth-order valence-electron chi connectivity index (χ4n) is 3.26. The standard InChI is InChI=1S/C18H20N4O3S/c1-13-10-22(11-14(2)25-13)26(23,24)16-6-3-5-15(9-16)17-12-21-8-4-7-19-18(21)20-17/h3-9,12-14H,10-11H2,1-2H3/t13-,14-/m1/s1. The topological polar surface area (TPSA) is 76.8 Å². The van der Waals surface area contributed by atoms with Gasteiger partial charge in [-0.15, -0.1) is 0 Å². The van der Waals surface area contributed by atoms with Gasteiger partial charge in [-0.25, -0.2) is 18.4 Å². The fraction of sp³-hybridized carbons (Fsp3) is 0.333. The van der Waals surface area contributed by atoms with Gasteiger partial charge in [-0.1, -0.05) is 12.1 Å². The third-order valence-electron chi connectivity index (χ3n) is 4.39. The lowest BCUT2D eigenvalue weighted by molar-refractivity contribution is -0.0440. The molecule has 2 atom stereocenters. The summed E-state index contributed by atoms with van der Waals surface area (Å²) in [4.78, 5) is 8.93. The Kier molecular flexibility index (Phi) is 4.26. The Labute approximate surface area is 152 Å². The van der Waals surface area contributed by atoms with Crippen molar-refractivity contribution >= 4 is 15.8 Å². The number of aromatic nitrogens is 3. The molecule has 0 radical (unpaired) electrons. The maximum atomic E-state index is 13.1. The van der Waals surface area contributed by atoms with Gasteiger partial charge in [0.2, 0.25) is 15.8 Å². The molecule has 0 unspecified atom stereocenters. The van der Waals surface area contributed by atoms with Gasteiger partial charge >= 0.3 is 0 Å². The molecule has 26 heavy (non-hydrogen) atoms. The van der Waals surface area contributed by atoms with E-state index in [1.165, 1.54) is 4.31 Å². The first-order valence-corrected chi connectivity index (χ1v) is 9.93. The predicted molar refractivity (Wildman–Crippen MR) is 97.2 cm³/mol. The van der Waals surface area contributed by atoms with Gasteiger partial charge in [-0.3, -0.25) is 4.40 Å². The third-order valence-corrected chi connectivity index (χ3v) is 6.22. The van der Waals surface area contributed by atoms with Crippen molar-refractivity contribution in [3.63, 3.8) is 0 Å². The Morgan fingerprint density at radius 1 is 1.15 bits per heavy atom. The van der Waals surface area contributed by atoms with Crippen LogP contribution in [0.3, 0.4) is 0 Å². The van der Waals surface area contributed by atoms with Gasteiger partial charge in [0.05, 0.1) is 22.8 Å². The van der Waals surface area contributed by atoms with Gasteiger partial charge in [0, 0.05) is 37.2 Å². The summed E-state index contributed by atoms with van der Waals surface area (Å²) < 4.78 is 35.1. The molecule has 1 aliphatic heterocycles. The number of hydrogen-bond acceptors (Lipinski definition) is 5. The number of fused-ring (bicyclic) bond motifs is 1. The highest BCUT2D eigenvalue weighted by atomic mass is 32.2. The second-order valence-corrected chi connectivity index (χ2v) is 8.50. The summed E-state index contributed by atoms with van der Waals surface area (Å²) >= 11 is 0. The molecule has 1 saturated heterocycles. The van der Waals surface area contributed by atoms with E-state index in [9.17, 15) is 8.42 Å². The molecule has 1 aromatic carbocycles. The number of sulfonamides is 1. The first-order valence-electron chi connectivity index (χ1n) is 8.49. The smallest absolute Gasteiger partial charge is 0.243 e. The summed E-state index contributed by atoms with van der Waals surface area (Å²) in [5.41, 5.74) is 1.43. The van der Waals surface area contributed by atoms with Crippen molar-refractivity contribution in [3.05, 3.63) is 48.9 Å². The number of hydrogen-bond donors (Lipinski definition) is 0. The minimum atomic E-state index is -3.59. The fourth-order valence-corrected chi connectivity index (χ4v) is 4.90. The molecule has 8 heteroatoms. The summed E-state index contributed by atoms with van der Waals surface area (Å²) in [5.74, 6) is 0.576. The van der Waals surface area contributed by atoms with Crippen molar-refractivity contribution in [1.82, 2.24) is 18.7 Å². The summed E-state index contributed by atoms with van der Waals surface area (Å²) in [6, 6.07) is 8.71. The van der Waals surface area contributed by atoms with Crippen molar-refractivity contribution in [2.24, 2.45) is 0 Å². The molecule has 1 fully saturated rings. The lowest BCUT2D eigenvalue weighted by Crippen LogP contribution is -2.48. The molecule has 3 heterocycles. The van der Waals surface area contributed by atoms with Crippen molar-refractivity contribution in [2.45, 2.75) is 31.0 Å². The van der Waals surface area contributed by atoms with E-state index >= 15 is 0 Å². The van der Waals surface area contributed by atoms with Crippen LogP contribution < -0.4 is 0 Å². The van der Waals surface area contributed by atoms with Crippen LogP contribution in [0.4, 0.5) is 0 Å². The molecule has 136 valence electrons. The van der Waals surface area contributed by atoms with Crippen molar-refractivity contribution in [1.29, 1.82) is 0 Å². The second-order valence-electron chi connectivity index (χ2n) is 6.56. The molecular weight excluding hydrogens is 352 g/mol. The maximum Gasteiger partial charge on any atom is 0.243 e. The molecule has 0 N–H and O–H groups in total. The average molecular weight is 372 g/mol. The summed E-state index contributed by atoms with van der Waals surface area (Å²) in [7, 11) is -3.59. The van der Waals surface area contributed by atoms with Crippen LogP contribution in [-0.2, 0) is 14.8 Å². The zero-order chi connectivity index (χ0) is 18.3. The van der Waals surface area contributed by atoms with Gasteiger partial charge in [-0.2, -0.15) is 4.31 Å². The Balaban J connectivity index is 1.70. The molecule has 2 aromatic heterocycles. The molecule has 0 amide bonds. The second kappa shape index (κ2) is 6.46. The molecule has 3 aromatic rings. The molecule has 1 aliphatic rings. The van der Waals surface area contributed by atoms with Gasteiger partial charge in [0.1, 0.15) is 0 Å². The number of benzene rings is 1. The van der Waals surface area contributed by atoms with Crippen LogP contribution in [0.5, 0.6) is 0 Å². The highest BCUT2D eigenvalue weighted by molar-refractivity contribution is 7.89. The minimum Gasteiger partial charge on any atom is -0.373 e. The van der Waals surface area contributed by atoms with E-state index in [4.69, 9.17) is 4.74 Å². The molecular formula is C18H20N4O3S. The molecule has 0 spiro atoms. The largest absolute Gasteiger partial charge is 0.373 e. The number of morpholine rings is 1. The maximum absolute atomic E-state index is 13.1. The Morgan fingerprint density at radius 3 is 2.65 bits per heavy atom. The molecule has 0 saturated carbocycles.